The molecule has 0 bridgehead atoms. The van der Waals surface area contributed by atoms with Crippen molar-refractivity contribution in [1.29, 1.82) is 5.26 Å². The number of hydrogen-bond acceptors (Lipinski definition) is 2. The van der Waals surface area contributed by atoms with Gasteiger partial charge in [0.25, 0.3) is 0 Å². The second-order valence-electron chi connectivity index (χ2n) is 5.28. The molecule has 0 amide bonds. The first-order chi connectivity index (χ1) is 11.2. The van der Waals surface area contributed by atoms with Gasteiger partial charge in [0.05, 0.1) is 5.57 Å². The molecule has 2 nitrogen and oxygen atoms in total. The Morgan fingerprint density at radius 1 is 1.17 bits per heavy atom. The van der Waals surface area contributed by atoms with Crippen LogP contribution in [-0.2, 0) is 6.54 Å². The van der Waals surface area contributed by atoms with Crippen molar-refractivity contribution in [3.63, 3.8) is 0 Å². The Bertz CT molecular complexity index is 762. The highest BCUT2D eigenvalue weighted by Gasteiger charge is 2.00. The summed E-state index contributed by atoms with van der Waals surface area (Å²) in [5.74, 6) is 0. The van der Waals surface area contributed by atoms with Crippen LogP contribution in [0.4, 0.5) is 0 Å². The van der Waals surface area contributed by atoms with E-state index in [0.29, 0.717) is 17.8 Å². The first-order valence-corrected chi connectivity index (χ1v) is 7.51. The van der Waals surface area contributed by atoms with Crippen LogP contribution in [0.2, 0.25) is 0 Å². The fraction of sp³-hybridized carbons (Fsp3) is 0.0952. The molecule has 0 aliphatic carbocycles. The van der Waals surface area contributed by atoms with Gasteiger partial charge in [-0.1, -0.05) is 78.9 Å². The molecule has 0 aliphatic rings. The summed E-state index contributed by atoms with van der Waals surface area (Å²) >= 11 is 0. The summed E-state index contributed by atoms with van der Waals surface area (Å²) in [6.07, 6.45) is 5.64. The zero-order chi connectivity index (χ0) is 16.5. The molecule has 0 spiro atoms. The molecule has 23 heavy (non-hydrogen) atoms. The van der Waals surface area contributed by atoms with Crippen molar-refractivity contribution in [1.82, 2.24) is 5.32 Å². The highest BCUT2D eigenvalue weighted by Crippen LogP contribution is 2.09. The van der Waals surface area contributed by atoms with Gasteiger partial charge < -0.3 is 5.32 Å². The summed E-state index contributed by atoms with van der Waals surface area (Å²) in [7, 11) is 0. The van der Waals surface area contributed by atoms with Crippen LogP contribution in [0.3, 0.4) is 0 Å². The van der Waals surface area contributed by atoms with Crippen molar-refractivity contribution in [3.8, 4) is 6.07 Å². The van der Waals surface area contributed by atoms with E-state index in [4.69, 9.17) is 0 Å². The van der Waals surface area contributed by atoms with Gasteiger partial charge in [0.1, 0.15) is 6.07 Å². The number of benzene rings is 2. The lowest BCUT2D eigenvalue weighted by Gasteiger charge is -2.08. The molecule has 2 rings (SSSR count). The molecular weight excluding hydrogens is 280 g/mol. The van der Waals surface area contributed by atoms with Crippen molar-refractivity contribution in [2.75, 3.05) is 0 Å². The molecule has 0 atom stereocenters. The second kappa shape index (κ2) is 8.41. The van der Waals surface area contributed by atoms with Crippen LogP contribution in [0.25, 0.3) is 6.08 Å². The summed E-state index contributed by atoms with van der Waals surface area (Å²) in [6, 6.07) is 20.4. The highest BCUT2D eigenvalue weighted by molar-refractivity contribution is 5.54. The first-order valence-electron chi connectivity index (χ1n) is 7.51. The molecule has 1 N–H and O–H groups in total. The number of aryl methyl sites for hydroxylation is 1. The molecule has 0 fully saturated rings. The van der Waals surface area contributed by atoms with Crippen LogP contribution in [-0.4, -0.2) is 0 Å². The van der Waals surface area contributed by atoms with E-state index in [1.165, 1.54) is 5.56 Å². The van der Waals surface area contributed by atoms with Crippen LogP contribution in [0.5, 0.6) is 0 Å². The number of rotatable bonds is 6. The van der Waals surface area contributed by atoms with E-state index in [1.54, 1.807) is 6.08 Å². The zero-order valence-electron chi connectivity index (χ0n) is 13.3. The topological polar surface area (TPSA) is 35.8 Å². The minimum absolute atomic E-state index is 0.532. The Labute approximate surface area is 138 Å². The van der Waals surface area contributed by atoms with E-state index in [9.17, 15) is 5.26 Å². The van der Waals surface area contributed by atoms with Crippen LogP contribution >= 0.6 is 0 Å². The second-order valence-corrected chi connectivity index (χ2v) is 5.28. The molecule has 0 aliphatic heterocycles. The van der Waals surface area contributed by atoms with Crippen LogP contribution < -0.4 is 5.32 Å². The lowest BCUT2D eigenvalue weighted by molar-refractivity contribution is 0.829. The van der Waals surface area contributed by atoms with E-state index in [-0.39, 0.29) is 0 Å². The lowest BCUT2D eigenvalue weighted by atomic mass is 10.1. The molecule has 0 saturated heterocycles. The predicted octanol–water partition coefficient (Wildman–Crippen LogP) is 4.76. The quantitative estimate of drug-likeness (QED) is 0.616. The van der Waals surface area contributed by atoms with Gasteiger partial charge in [-0.3, -0.25) is 0 Å². The Balaban J connectivity index is 1.98. The molecule has 0 heterocycles. The average Bonchev–Trinajstić information content (AvgIpc) is 2.57. The van der Waals surface area contributed by atoms with Gasteiger partial charge in [-0.25, -0.2) is 0 Å². The van der Waals surface area contributed by atoms with E-state index in [2.05, 4.69) is 37.0 Å². The predicted molar refractivity (Wildman–Crippen MR) is 96.3 cm³/mol. The molecule has 2 heteroatoms. The van der Waals surface area contributed by atoms with Crippen LogP contribution in [0, 0.1) is 18.3 Å². The van der Waals surface area contributed by atoms with E-state index in [1.807, 2.05) is 54.6 Å². The Morgan fingerprint density at radius 3 is 2.65 bits per heavy atom. The minimum Gasteiger partial charge on any atom is -0.380 e. The summed E-state index contributed by atoms with van der Waals surface area (Å²) in [5, 5.41) is 12.5. The van der Waals surface area contributed by atoms with Crippen LogP contribution in [0.1, 0.15) is 16.7 Å². The van der Waals surface area contributed by atoms with Crippen molar-refractivity contribution in [2.45, 2.75) is 13.5 Å². The maximum absolute atomic E-state index is 9.28. The van der Waals surface area contributed by atoms with Crippen molar-refractivity contribution >= 4 is 6.08 Å². The van der Waals surface area contributed by atoms with Gasteiger partial charge in [0.2, 0.25) is 0 Å². The highest BCUT2D eigenvalue weighted by atomic mass is 14.9. The fourth-order valence-electron chi connectivity index (χ4n) is 2.13. The number of nitrogens with zero attached hydrogens (tertiary/aromatic N) is 1. The average molecular weight is 300 g/mol. The van der Waals surface area contributed by atoms with E-state index < -0.39 is 0 Å². The summed E-state index contributed by atoms with van der Waals surface area (Å²) in [4.78, 5) is 0. The number of hydrogen-bond donors (Lipinski definition) is 1. The van der Waals surface area contributed by atoms with E-state index >= 15 is 0 Å². The normalized spacial score (nSPS) is 11.2. The maximum Gasteiger partial charge on any atom is 0.101 e. The standard InChI is InChI=1S/C21H20N2/c1-17-8-6-11-19(14-17)12-7-13-21(15-22)18(2)23-16-20-9-4-3-5-10-20/h3-14,23H,2,16H2,1H3/b12-7+,21-13+. The van der Waals surface area contributed by atoms with Gasteiger partial charge in [-0.2, -0.15) is 5.26 Å². The molecule has 0 radical (unpaired) electrons. The largest absolute Gasteiger partial charge is 0.380 e. The van der Waals surface area contributed by atoms with Gasteiger partial charge >= 0.3 is 0 Å². The number of nitrogens with one attached hydrogen (secondary N) is 1. The molecular formula is C21H20N2. The first kappa shape index (κ1) is 16.3. The lowest BCUT2D eigenvalue weighted by Crippen LogP contribution is -2.13. The molecule has 0 saturated carbocycles. The van der Waals surface area contributed by atoms with Crippen molar-refractivity contribution in [2.24, 2.45) is 0 Å². The third-order valence-electron chi connectivity index (χ3n) is 3.39. The molecule has 114 valence electrons. The van der Waals surface area contributed by atoms with Gasteiger partial charge in [0, 0.05) is 12.2 Å². The smallest absolute Gasteiger partial charge is 0.101 e. The molecule has 2 aromatic rings. The summed E-state index contributed by atoms with van der Waals surface area (Å²) in [6.45, 7) is 6.66. The SMILES string of the molecule is C=C(NCc1ccccc1)/C(C#N)=C/C=C/c1cccc(C)c1. The fourth-order valence-corrected chi connectivity index (χ4v) is 2.13. The summed E-state index contributed by atoms with van der Waals surface area (Å²) in [5.41, 5.74) is 4.64. The van der Waals surface area contributed by atoms with Crippen molar-refractivity contribution < 1.29 is 0 Å². The van der Waals surface area contributed by atoms with Gasteiger partial charge in [-0.05, 0) is 24.1 Å². The summed E-state index contributed by atoms with van der Waals surface area (Å²) < 4.78 is 0. The Hall–Kier alpha value is -3.05. The molecule has 2 aromatic carbocycles. The number of allylic oxidation sites excluding steroid dienone is 3. The number of nitriles is 1. The third kappa shape index (κ3) is 5.33. The van der Waals surface area contributed by atoms with E-state index in [0.717, 1.165) is 11.1 Å². The van der Waals surface area contributed by atoms with Gasteiger partial charge in [0.15, 0.2) is 0 Å². The third-order valence-corrected chi connectivity index (χ3v) is 3.39. The Kier molecular flexibility index (Phi) is 5.97. The molecule has 0 aromatic heterocycles. The van der Waals surface area contributed by atoms with Crippen molar-refractivity contribution in [3.05, 3.63) is 101 Å². The minimum atomic E-state index is 0.532. The molecule has 0 unspecified atom stereocenters. The van der Waals surface area contributed by atoms with Crippen LogP contribution in [0.15, 0.2) is 84.6 Å². The Morgan fingerprint density at radius 2 is 1.96 bits per heavy atom. The zero-order valence-corrected chi connectivity index (χ0v) is 13.3. The monoisotopic (exact) mass is 300 g/mol. The van der Waals surface area contributed by atoms with Gasteiger partial charge in [-0.15, -0.1) is 0 Å². The maximum atomic E-state index is 9.28.